The number of ether oxygens (including phenoxy) is 3. The van der Waals surface area contributed by atoms with Gasteiger partial charge in [0.15, 0.2) is 6.10 Å². The first-order chi connectivity index (χ1) is 31.6. The highest BCUT2D eigenvalue weighted by Crippen LogP contribution is 2.16. The van der Waals surface area contributed by atoms with Crippen LogP contribution in [0.2, 0.25) is 0 Å². The van der Waals surface area contributed by atoms with Crippen LogP contribution in [0.4, 0.5) is 0 Å². The van der Waals surface area contributed by atoms with Crippen molar-refractivity contribution >= 4 is 11.9 Å². The Bertz CT molecular complexity index is 1060. The molecule has 64 heavy (non-hydrogen) atoms. The Kier molecular flexibility index (Phi) is 53.3. The van der Waals surface area contributed by atoms with Crippen LogP contribution in [0.5, 0.6) is 0 Å². The summed E-state index contributed by atoms with van der Waals surface area (Å²) < 4.78 is 17.4. The molecule has 0 aliphatic heterocycles. The number of rotatable bonds is 52. The van der Waals surface area contributed by atoms with E-state index >= 15 is 0 Å². The molecule has 0 spiro atoms. The summed E-state index contributed by atoms with van der Waals surface area (Å²) in [6, 6.07) is 0. The van der Waals surface area contributed by atoms with Gasteiger partial charge in [0.05, 0.1) is 6.61 Å². The Hall–Kier alpha value is -2.14. The number of esters is 2. The van der Waals surface area contributed by atoms with Crippen LogP contribution >= 0.6 is 0 Å². The van der Waals surface area contributed by atoms with E-state index in [1.165, 1.54) is 193 Å². The van der Waals surface area contributed by atoms with Crippen LogP contribution < -0.4 is 0 Å². The average Bonchev–Trinajstić information content (AvgIpc) is 3.30. The third-order valence-corrected chi connectivity index (χ3v) is 12.3. The molecule has 374 valence electrons. The maximum atomic E-state index is 12.8. The predicted molar refractivity (Wildman–Crippen MR) is 279 cm³/mol. The highest BCUT2D eigenvalue weighted by Gasteiger charge is 2.17. The molecular formula is C59H108O5. The first-order valence-corrected chi connectivity index (χ1v) is 28.2. The van der Waals surface area contributed by atoms with E-state index in [0.29, 0.717) is 19.4 Å². The van der Waals surface area contributed by atoms with Crippen molar-refractivity contribution in [3.05, 3.63) is 48.6 Å². The maximum Gasteiger partial charge on any atom is 0.306 e. The first kappa shape index (κ1) is 61.9. The summed E-state index contributed by atoms with van der Waals surface area (Å²) in [6.45, 7) is 7.71. The van der Waals surface area contributed by atoms with Gasteiger partial charge in [-0.15, -0.1) is 0 Å². The van der Waals surface area contributed by atoms with E-state index in [1.807, 2.05) is 0 Å². The minimum atomic E-state index is -0.547. The second-order valence-corrected chi connectivity index (χ2v) is 18.8. The van der Waals surface area contributed by atoms with Crippen molar-refractivity contribution < 1.29 is 23.8 Å². The Morgan fingerprint density at radius 2 is 0.703 bits per heavy atom. The van der Waals surface area contributed by atoms with Crippen molar-refractivity contribution in [2.24, 2.45) is 0 Å². The molecule has 5 nitrogen and oxygen atoms in total. The van der Waals surface area contributed by atoms with Crippen molar-refractivity contribution in [3.8, 4) is 0 Å². The Balaban J connectivity index is 4.26. The molecule has 0 saturated carbocycles. The molecule has 0 heterocycles. The van der Waals surface area contributed by atoms with Crippen LogP contribution in [-0.2, 0) is 23.8 Å². The largest absolute Gasteiger partial charge is 0.462 e. The van der Waals surface area contributed by atoms with Gasteiger partial charge in [-0.25, -0.2) is 0 Å². The molecule has 0 radical (unpaired) electrons. The minimum Gasteiger partial charge on any atom is -0.462 e. The summed E-state index contributed by atoms with van der Waals surface area (Å²) >= 11 is 0. The zero-order valence-corrected chi connectivity index (χ0v) is 43.1. The standard InChI is InChI=1S/C59H108O5/c1-4-7-10-13-16-19-22-25-28-30-32-34-37-40-43-46-49-52-58(60)63-56-57(55-62-54-51-48-45-42-39-36-27-24-21-18-15-12-9-6-3)64-59(61)53-50-47-44-41-38-35-33-31-29-26-23-20-17-14-11-8-5-2/h9,12,18,21,25,27-28,36,57H,4-8,10-11,13-17,19-20,22-24,26,29-35,37-56H2,1-3H3/b12-9-,21-18-,28-25-,36-27-. The number of hydrogen-bond donors (Lipinski definition) is 0. The van der Waals surface area contributed by atoms with E-state index in [4.69, 9.17) is 14.2 Å². The lowest BCUT2D eigenvalue weighted by Gasteiger charge is -2.18. The molecule has 0 aromatic carbocycles. The van der Waals surface area contributed by atoms with Gasteiger partial charge in [0.25, 0.3) is 0 Å². The van der Waals surface area contributed by atoms with Gasteiger partial charge in [0.1, 0.15) is 6.61 Å². The van der Waals surface area contributed by atoms with Crippen LogP contribution in [0.1, 0.15) is 290 Å². The van der Waals surface area contributed by atoms with Gasteiger partial charge in [-0.3, -0.25) is 9.59 Å². The van der Waals surface area contributed by atoms with E-state index < -0.39 is 6.10 Å². The number of unbranched alkanes of at least 4 members (excludes halogenated alkanes) is 33. The van der Waals surface area contributed by atoms with Crippen molar-refractivity contribution in [2.75, 3.05) is 19.8 Å². The molecule has 0 rings (SSSR count). The summed E-state index contributed by atoms with van der Waals surface area (Å²) in [4.78, 5) is 25.5. The van der Waals surface area contributed by atoms with Crippen LogP contribution in [-0.4, -0.2) is 37.9 Å². The zero-order chi connectivity index (χ0) is 46.3. The van der Waals surface area contributed by atoms with Crippen molar-refractivity contribution in [1.82, 2.24) is 0 Å². The van der Waals surface area contributed by atoms with Crippen molar-refractivity contribution in [1.29, 1.82) is 0 Å². The monoisotopic (exact) mass is 897 g/mol. The maximum absolute atomic E-state index is 12.8. The second kappa shape index (κ2) is 55.2. The Morgan fingerprint density at radius 3 is 1.14 bits per heavy atom. The Morgan fingerprint density at radius 1 is 0.359 bits per heavy atom. The number of carbonyl (C=O) groups is 2. The molecule has 0 amide bonds. The molecule has 0 aliphatic rings. The van der Waals surface area contributed by atoms with E-state index in [-0.39, 0.29) is 25.2 Å². The Labute approximate surface area is 399 Å². The smallest absolute Gasteiger partial charge is 0.306 e. The van der Waals surface area contributed by atoms with Crippen molar-refractivity contribution in [2.45, 2.75) is 297 Å². The SMILES string of the molecule is CC/C=C\C/C=C\C/C=C\CCCCCCOCC(COC(=O)CCCCCCCCC/C=C\CCCCCCCC)OC(=O)CCCCCCCCCCCCCCCCCCC. The third-order valence-electron chi connectivity index (χ3n) is 12.3. The van der Waals surface area contributed by atoms with Crippen LogP contribution in [0.3, 0.4) is 0 Å². The minimum absolute atomic E-state index is 0.0774. The zero-order valence-electron chi connectivity index (χ0n) is 43.1. The molecule has 0 N–H and O–H groups in total. The van der Waals surface area contributed by atoms with Gasteiger partial charge in [-0.2, -0.15) is 0 Å². The number of carbonyl (C=O) groups excluding carboxylic acids is 2. The molecule has 0 aromatic rings. The van der Waals surface area contributed by atoms with Crippen molar-refractivity contribution in [3.63, 3.8) is 0 Å². The third kappa shape index (κ3) is 52.5. The first-order valence-electron chi connectivity index (χ1n) is 28.2. The highest BCUT2D eigenvalue weighted by molar-refractivity contribution is 5.70. The van der Waals surface area contributed by atoms with Crippen LogP contribution in [0.15, 0.2) is 48.6 Å². The van der Waals surface area contributed by atoms with Gasteiger partial charge >= 0.3 is 11.9 Å². The van der Waals surface area contributed by atoms with E-state index in [0.717, 1.165) is 64.2 Å². The molecule has 1 unspecified atom stereocenters. The van der Waals surface area contributed by atoms with E-state index in [1.54, 1.807) is 0 Å². The molecule has 0 fully saturated rings. The molecule has 5 heteroatoms. The lowest BCUT2D eigenvalue weighted by atomic mass is 10.0. The predicted octanol–water partition coefficient (Wildman–Crippen LogP) is 19.1. The summed E-state index contributed by atoms with van der Waals surface area (Å²) in [5.41, 5.74) is 0. The van der Waals surface area contributed by atoms with Gasteiger partial charge in [0.2, 0.25) is 0 Å². The quantitative estimate of drug-likeness (QED) is 0.0346. The molecule has 0 aromatic heterocycles. The fourth-order valence-electron chi connectivity index (χ4n) is 8.17. The fourth-order valence-corrected chi connectivity index (χ4v) is 8.17. The lowest BCUT2D eigenvalue weighted by Crippen LogP contribution is -2.30. The normalized spacial score (nSPS) is 12.5. The molecule has 0 bridgehead atoms. The summed E-state index contributed by atoms with van der Waals surface area (Å²) in [5, 5.41) is 0. The molecule has 1 atom stereocenters. The summed E-state index contributed by atoms with van der Waals surface area (Å²) in [6.07, 6.45) is 68.4. The average molecular weight is 898 g/mol. The van der Waals surface area contributed by atoms with Crippen LogP contribution in [0.25, 0.3) is 0 Å². The fraction of sp³-hybridized carbons (Fsp3) is 0.831. The number of hydrogen-bond acceptors (Lipinski definition) is 5. The van der Waals surface area contributed by atoms with Gasteiger partial charge in [-0.05, 0) is 77.0 Å². The van der Waals surface area contributed by atoms with E-state index in [2.05, 4.69) is 69.4 Å². The highest BCUT2D eigenvalue weighted by atomic mass is 16.6. The van der Waals surface area contributed by atoms with Gasteiger partial charge < -0.3 is 14.2 Å². The summed E-state index contributed by atoms with van der Waals surface area (Å²) in [5.74, 6) is -0.400. The molecule has 0 aliphatic carbocycles. The van der Waals surface area contributed by atoms with Gasteiger partial charge in [-0.1, -0.05) is 249 Å². The van der Waals surface area contributed by atoms with E-state index in [9.17, 15) is 9.59 Å². The molecule has 0 saturated heterocycles. The topological polar surface area (TPSA) is 61.8 Å². The van der Waals surface area contributed by atoms with Crippen LogP contribution in [0, 0.1) is 0 Å². The molecular weight excluding hydrogens is 789 g/mol. The second-order valence-electron chi connectivity index (χ2n) is 18.8. The summed E-state index contributed by atoms with van der Waals surface area (Å²) in [7, 11) is 0. The lowest BCUT2D eigenvalue weighted by molar-refractivity contribution is -0.163. The number of allylic oxidation sites excluding steroid dienone is 8. The van der Waals surface area contributed by atoms with Gasteiger partial charge in [0, 0.05) is 19.4 Å².